The van der Waals surface area contributed by atoms with Gasteiger partial charge in [-0.2, -0.15) is 24.9 Å². The first-order valence-corrected chi connectivity index (χ1v) is 9.82. The highest BCUT2D eigenvalue weighted by molar-refractivity contribution is 6.48. The fraction of sp³-hybridized carbons (Fsp3) is 0.190. The van der Waals surface area contributed by atoms with E-state index in [0.29, 0.717) is 28.2 Å². The van der Waals surface area contributed by atoms with E-state index in [1.807, 2.05) is 12.1 Å². The standard InChI is InChI=1S/C21H18N8O3/c1-10-8-15(29(27-10)21-25-18-13(19(31)26-21)9-22-28(18)3)24-20(32)17(30)16-11(2)23-14-7-5-4-6-12(14)16/h4-9,13,23H,1-3H3,(H,24,32). The summed E-state index contributed by atoms with van der Waals surface area (Å²) in [5.74, 6) is -2.03. The van der Waals surface area contributed by atoms with E-state index in [9.17, 15) is 14.4 Å². The lowest BCUT2D eigenvalue weighted by Gasteiger charge is -2.17. The number of nitrogens with one attached hydrogen (secondary N) is 2. The third-order valence-electron chi connectivity index (χ3n) is 5.28. The smallest absolute Gasteiger partial charge is 0.298 e. The number of hydrogen-bond acceptors (Lipinski definition) is 7. The number of amidine groups is 1. The van der Waals surface area contributed by atoms with Crippen molar-refractivity contribution in [1.82, 2.24) is 19.8 Å². The Bertz CT molecular complexity index is 1410. The molecule has 4 heterocycles. The van der Waals surface area contributed by atoms with E-state index >= 15 is 0 Å². The summed E-state index contributed by atoms with van der Waals surface area (Å²) in [7, 11) is 1.67. The zero-order chi connectivity index (χ0) is 22.6. The van der Waals surface area contributed by atoms with Crippen molar-refractivity contribution >= 4 is 52.3 Å². The van der Waals surface area contributed by atoms with E-state index in [0.717, 1.165) is 5.52 Å². The Morgan fingerprint density at radius 2 is 1.94 bits per heavy atom. The molecule has 2 amide bonds. The van der Waals surface area contributed by atoms with Crippen LogP contribution < -0.4 is 5.32 Å². The van der Waals surface area contributed by atoms with Gasteiger partial charge in [0.2, 0.25) is 0 Å². The Balaban J connectivity index is 1.47. The van der Waals surface area contributed by atoms with Crippen LogP contribution in [0.1, 0.15) is 21.7 Å². The average Bonchev–Trinajstić information content (AvgIpc) is 3.42. The summed E-state index contributed by atoms with van der Waals surface area (Å²) in [6.45, 7) is 3.45. The van der Waals surface area contributed by atoms with Crippen LogP contribution in [0.5, 0.6) is 0 Å². The predicted molar refractivity (Wildman–Crippen MR) is 118 cm³/mol. The van der Waals surface area contributed by atoms with Crippen LogP contribution in [0.15, 0.2) is 45.4 Å². The van der Waals surface area contributed by atoms with Crippen molar-refractivity contribution in [2.75, 3.05) is 12.4 Å². The molecule has 5 rings (SSSR count). The molecule has 2 aromatic heterocycles. The number of carbonyl (C=O) groups excluding carboxylic acids is 3. The van der Waals surface area contributed by atoms with E-state index in [1.165, 1.54) is 15.9 Å². The quantitative estimate of drug-likeness (QED) is 0.479. The van der Waals surface area contributed by atoms with Gasteiger partial charge in [0.1, 0.15) is 17.6 Å². The fourth-order valence-corrected chi connectivity index (χ4v) is 3.80. The van der Waals surface area contributed by atoms with Crippen molar-refractivity contribution in [2.24, 2.45) is 21.0 Å². The Morgan fingerprint density at radius 3 is 2.75 bits per heavy atom. The largest absolute Gasteiger partial charge is 0.358 e. The summed E-state index contributed by atoms with van der Waals surface area (Å²) >= 11 is 0. The second-order valence-corrected chi connectivity index (χ2v) is 7.52. The summed E-state index contributed by atoms with van der Waals surface area (Å²) in [6, 6.07) is 8.84. The van der Waals surface area contributed by atoms with E-state index in [4.69, 9.17) is 0 Å². The van der Waals surface area contributed by atoms with Gasteiger partial charge in [0.15, 0.2) is 0 Å². The van der Waals surface area contributed by atoms with Gasteiger partial charge in [-0.15, -0.1) is 0 Å². The van der Waals surface area contributed by atoms with Crippen LogP contribution in [0, 0.1) is 19.8 Å². The van der Waals surface area contributed by atoms with Crippen LogP contribution in [-0.4, -0.2) is 62.4 Å². The number of carbonyl (C=O) groups is 3. The lowest BCUT2D eigenvalue weighted by Crippen LogP contribution is -2.35. The predicted octanol–water partition coefficient (Wildman–Crippen LogP) is 1.49. The Kier molecular flexibility index (Phi) is 4.33. The summed E-state index contributed by atoms with van der Waals surface area (Å²) < 4.78 is 1.23. The maximum absolute atomic E-state index is 13.0. The van der Waals surface area contributed by atoms with Gasteiger partial charge in [0, 0.05) is 35.9 Å². The zero-order valence-corrected chi connectivity index (χ0v) is 17.4. The molecule has 3 aromatic rings. The number of ketones is 1. The van der Waals surface area contributed by atoms with E-state index in [-0.39, 0.29) is 11.8 Å². The third kappa shape index (κ3) is 3.02. The van der Waals surface area contributed by atoms with Crippen molar-refractivity contribution in [1.29, 1.82) is 0 Å². The molecule has 2 aliphatic heterocycles. The average molecular weight is 430 g/mol. The van der Waals surface area contributed by atoms with Crippen LogP contribution in [0.3, 0.4) is 0 Å². The minimum Gasteiger partial charge on any atom is -0.358 e. The number of amides is 2. The number of nitrogens with zero attached hydrogens (tertiary/aromatic N) is 6. The number of hydrogen-bond donors (Lipinski definition) is 2. The van der Waals surface area contributed by atoms with Gasteiger partial charge in [-0.05, 0) is 19.9 Å². The summed E-state index contributed by atoms with van der Waals surface area (Å²) in [4.78, 5) is 49.7. The van der Waals surface area contributed by atoms with Crippen LogP contribution >= 0.6 is 0 Å². The number of rotatable bonds is 3. The second-order valence-electron chi connectivity index (χ2n) is 7.52. The number of hydrazone groups is 1. The van der Waals surface area contributed by atoms with Gasteiger partial charge >= 0.3 is 0 Å². The van der Waals surface area contributed by atoms with Gasteiger partial charge in [0.25, 0.3) is 23.6 Å². The van der Waals surface area contributed by atoms with Crippen LogP contribution in [0.2, 0.25) is 0 Å². The van der Waals surface area contributed by atoms with Crippen molar-refractivity contribution in [3.8, 4) is 0 Å². The van der Waals surface area contributed by atoms with E-state index in [2.05, 4.69) is 30.5 Å². The van der Waals surface area contributed by atoms with E-state index in [1.54, 1.807) is 39.1 Å². The molecule has 11 nitrogen and oxygen atoms in total. The van der Waals surface area contributed by atoms with Gasteiger partial charge in [0.05, 0.1) is 11.3 Å². The lowest BCUT2D eigenvalue weighted by molar-refractivity contribution is -0.118. The van der Waals surface area contributed by atoms with Crippen molar-refractivity contribution in [2.45, 2.75) is 13.8 Å². The number of anilines is 1. The summed E-state index contributed by atoms with van der Waals surface area (Å²) in [5, 5.41) is 13.1. The molecule has 1 atom stereocenters. The lowest BCUT2D eigenvalue weighted by atomic mass is 10.1. The van der Waals surface area contributed by atoms with Crippen molar-refractivity contribution in [3.63, 3.8) is 0 Å². The van der Waals surface area contributed by atoms with Crippen LogP contribution in [-0.2, 0) is 9.59 Å². The molecular weight excluding hydrogens is 412 g/mol. The number of aromatic amines is 1. The number of aromatic nitrogens is 3. The van der Waals surface area contributed by atoms with Gasteiger partial charge in [-0.3, -0.25) is 19.4 Å². The molecule has 0 bridgehead atoms. The first kappa shape index (κ1) is 19.5. The molecule has 32 heavy (non-hydrogen) atoms. The number of para-hydroxylation sites is 1. The summed E-state index contributed by atoms with van der Waals surface area (Å²) in [5.41, 5.74) is 2.22. The Morgan fingerprint density at radius 1 is 1.16 bits per heavy atom. The SMILES string of the molecule is Cc1cc(NC(=O)C(=O)c2c(C)[nH]c3ccccc23)n(C2=NC(=O)C3C=NN(C)C3=N2)n1. The Labute approximate surface area is 181 Å². The Hall–Kier alpha value is -4.41. The van der Waals surface area contributed by atoms with Gasteiger partial charge in [-0.1, -0.05) is 18.2 Å². The molecule has 2 N–H and O–H groups in total. The van der Waals surface area contributed by atoms with Crippen molar-refractivity contribution in [3.05, 3.63) is 47.3 Å². The zero-order valence-electron chi connectivity index (χ0n) is 17.4. The van der Waals surface area contributed by atoms with Gasteiger partial charge in [-0.25, -0.2) is 0 Å². The monoisotopic (exact) mass is 430 g/mol. The molecule has 0 aliphatic carbocycles. The maximum Gasteiger partial charge on any atom is 0.298 e. The van der Waals surface area contributed by atoms with Crippen LogP contribution in [0.4, 0.5) is 5.82 Å². The minimum atomic E-state index is -0.839. The molecule has 11 heteroatoms. The number of benzene rings is 1. The molecular formula is C21H18N8O3. The van der Waals surface area contributed by atoms with E-state index < -0.39 is 23.5 Å². The first-order valence-electron chi connectivity index (χ1n) is 9.82. The van der Waals surface area contributed by atoms with Crippen molar-refractivity contribution < 1.29 is 14.4 Å². The number of aliphatic imine (C=N–C) groups is 2. The number of aryl methyl sites for hydroxylation is 2. The molecule has 0 spiro atoms. The molecule has 160 valence electrons. The van der Waals surface area contributed by atoms with Gasteiger partial charge < -0.3 is 10.3 Å². The second kappa shape index (κ2) is 7.08. The highest BCUT2D eigenvalue weighted by Gasteiger charge is 2.35. The highest BCUT2D eigenvalue weighted by atomic mass is 16.2. The first-order chi connectivity index (χ1) is 15.3. The number of Topliss-reactive ketones (excluding diaryl/α,β-unsaturated/α-hetero) is 1. The molecule has 0 saturated heterocycles. The fourth-order valence-electron chi connectivity index (χ4n) is 3.80. The third-order valence-corrected chi connectivity index (χ3v) is 5.28. The summed E-state index contributed by atoms with van der Waals surface area (Å²) in [6.07, 6.45) is 1.47. The maximum atomic E-state index is 13.0. The highest BCUT2D eigenvalue weighted by Crippen LogP contribution is 2.23. The minimum absolute atomic E-state index is 0.0160. The molecule has 1 aromatic carbocycles. The van der Waals surface area contributed by atoms with Crippen LogP contribution in [0.25, 0.3) is 10.9 Å². The molecule has 0 saturated carbocycles. The molecule has 0 fully saturated rings. The molecule has 0 radical (unpaired) electrons. The normalized spacial score (nSPS) is 17.4. The molecule has 2 aliphatic rings. The topological polar surface area (TPSA) is 137 Å². The number of H-pyrrole nitrogens is 1. The molecule has 1 unspecified atom stereocenters. The number of fused-ring (bicyclic) bond motifs is 2.